The van der Waals surface area contributed by atoms with Crippen molar-refractivity contribution < 1.29 is 9.59 Å². The van der Waals surface area contributed by atoms with Crippen LogP contribution in [0.2, 0.25) is 0 Å². The van der Waals surface area contributed by atoms with Gasteiger partial charge in [0.1, 0.15) is 0 Å². The van der Waals surface area contributed by atoms with E-state index >= 15 is 0 Å². The minimum absolute atomic E-state index is 0.120. The summed E-state index contributed by atoms with van der Waals surface area (Å²) in [5, 5.41) is 2.59. The van der Waals surface area contributed by atoms with Crippen molar-refractivity contribution in [2.45, 2.75) is 28.7 Å². The van der Waals surface area contributed by atoms with Crippen molar-refractivity contribution in [2.24, 2.45) is 0 Å². The third kappa shape index (κ3) is 4.59. The van der Waals surface area contributed by atoms with Crippen LogP contribution in [0, 0.1) is 0 Å². The number of aromatic nitrogens is 1. The van der Waals surface area contributed by atoms with Gasteiger partial charge in [0.15, 0.2) is 6.04 Å². The molecule has 5 nitrogen and oxygen atoms in total. The molecule has 2 amide bonds. The lowest BCUT2D eigenvalue weighted by atomic mass is 10.1. The van der Waals surface area contributed by atoms with Crippen LogP contribution < -0.4 is 5.32 Å². The summed E-state index contributed by atoms with van der Waals surface area (Å²) in [5.41, 5.74) is 0.391. The second-order valence-corrected chi connectivity index (χ2v) is 7.53. The van der Waals surface area contributed by atoms with Gasteiger partial charge in [0.2, 0.25) is 9.70 Å². The summed E-state index contributed by atoms with van der Waals surface area (Å²) >= 11 is 18.0. The fraction of sp³-hybridized carbons (Fsp3) is 0.400. The normalized spacial score (nSPS) is 15.6. The van der Waals surface area contributed by atoms with E-state index in [0.717, 1.165) is 12.8 Å². The van der Waals surface area contributed by atoms with E-state index in [0.29, 0.717) is 5.56 Å². The van der Waals surface area contributed by atoms with Gasteiger partial charge in [-0.3, -0.25) is 14.6 Å². The van der Waals surface area contributed by atoms with E-state index in [4.69, 9.17) is 34.8 Å². The molecule has 0 saturated heterocycles. The Morgan fingerprint density at radius 3 is 2.48 bits per heavy atom. The van der Waals surface area contributed by atoms with Gasteiger partial charge in [-0.15, -0.1) is 6.58 Å². The Morgan fingerprint density at radius 1 is 1.39 bits per heavy atom. The van der Waals surface area contributed by atoms with Gasteiger partial charge in [-0.25, -0.2) is 0 Å². The molecule has 0 radical (unpaired) electrons. The number of alkyl halides is 3. The molecular formula is C15H16Cl3N3O2. The Hall–Kier alpha value is -1.30. The van der Waals surface area contributed by atoms with E-state index in [9.17, 15) is 9.59 Å². The Kier molecular flexibility index (Phi) is 5.89. The van der Waals surface area contributed by atoms with Crippen LogP contribution in [0.5, 0.6) is 0 Å². The molecule has 1 aliphatic carbocycles. The van der Waals surface area contributed by atoms with Crippen molar-refractivity contribution in [3.05, 3.63) is 42.7 Å². The van der Waals surface area contributed by atoms with Gasteiger partial charge < -0.3 is 10.2 Å². The summed E-state index contributed by atoms with van der Waals surface area (Å²) in [6, 6.07) is 1.79. The monoisotopic (exact) mass is 375 g/mol. The molecule has 1 aromatic heterocycles. The summed E-state index contributed by atoms with van der Waals surface area (Å²) in [7, 11) is 0. The molecule has 1 heterocycles. The predicted molar refractivity (Wildman–Crippen MR) is 90.7 cm³/mol. The van der Waals surface area contributed by atoms with Crippen LogP contribution in [0.4, 0.5) is 0 Å². The fourth-order valence-electron chi connectivity index (χ4n) is 2.19. The van der Waals surface area contributed by atoms with Crippen LogP contribution in [0.15, 0.2) is 37.2 Å². The molecule has 1 fully saturated rings. The number of carbonyl (C=O) groups is 2. The van der Waals surface area contributed by atoms with E-state index in [1.807, 2.05) is 0 Å². The van der Waals surface area contributed by atoms with Crippen molar-refractivity contribution in [2.75, 3.05) is 6.54 Å². The molecule has 0 aromatic carbocycles. The molecule has 1 unspecified atom stereocenters. The zero-order chi connectivity index (χ0) is 17.0. The highest BCUT2D eigenvalue weighted by Gasteiger charge is 2.49. The minimum Gasteiger partial charge on any atom is -0.351 e. The first-order valence-corrected chi connectivity index (χ1v) is 8.17. The molecule has 1 aromatic rings. The summed E-state index contributed by atoms with van der Waals surface area (Å²) in [5.74, 6) is -0.890. The Balaban J connectivity index is 2.33. The zero-order valence-corrected chi connectivity index (χ0v) is 14.5. The number of nitrogens with one attached hydrogen (secondary N) is 1. The lowest BCUT2D eigenvalue weighted by Crippen LogP contribution is -2.56. The van der Waals surface area contributed by atoms with E-state index < -0.39 is 15.7 Å². The number of halogens is 3. The summed E-state index contributed by atoms with van der Waals surface area (Å²) in [6.07, 6.45) is 6.05. The van der Waals surface area contributed by atoms with Gasteiger partial charge in [-0.05, 0) is 25.0 Å². The lowest BCUT2D eigenvalue weighted by Gasteiger charge is -2.35. The van der Waals surface area contributed by atoms with Gasteiger partial charge in [0, 0.05) is 30.5 Å². The molecule has 0 aliphatic heterocycles. The molecule has 8 heteroatoms. The number of hydrogen-bond acceptors (Lipinski definition) is 3. The number of hydrogen-bond donors (Lipinski definition) is 1. The van der Waals surface area contributed by atoms with Gasteiger partial charge in [0.05, 0.1) is 0 Å². The van der Waals surface area contributed by atoms with Gasteiger partial charge in [-0.2, -0.15) is 0 Å². The molecule has 23 heavy (non-hydrogen) atoms. The van der Waals surface area contributed by atoms with Gasteiger partial charge >= 0.3 is 0 Å². The average Bonchev–Trinajstić information content (AvgIpc) is 3.33. The van der Waals surface area contributed by atoms with E-state index in [2.05, 4.69) is 16.9 Å². The zero-order valence-electron chi connectivity index (χ0n) is 12.2. The molecule has 0 spiro atoms. The molecular weight excluding hydrogens is 361 g/mol. The molecule has 124 valence electrons. The molecule has 2 rings (SSSR count). The van der Waals surface area contributed by atoms with Crippen molar-refractivity contribution in [3.8, 4) is 0 Å². The van der Waals surface area contributed by atoms with Crippen molar-refractivity contribution in [3.63, 3.8) is 0 Å². The van der Waals surface area contributed by atoms with Crippen LogP contribution in [0.25, 0.3) is 0 Å². The van der Waals surface area contributed by atoms with Gasteiger partial charge in [0.25, 0.3) is 5.91 Å². The Bertz CT molecular complexity index is 585. The largest absolute Gasteiger partial charge is 0.351 e. The summed E-state index contributed by atoms with van der Waals surface area (Å²) in [6.45, 7) is 3.75. The third-order valence-electron chi connectivity index (χ3n) is 3.36. The molecule has 1 N–H and O–H groups in total. The quantitative estimate of drug-likeness (QED) is 0.613. The second kappa shape index (κ2) is 7.51. The van der Waals surface area contributed by atoms with E-state index in [1.54, 1.807) is 12.1 Å². The molecule has 1 saturated carbocycles. The Labute approximate surface area is 149 Å². The SMILES string of the molecule is C=CCNC(=O)C(N(C(=O)c1ccncc1)C1CC1)C(Cl)(Cl)Cl. The lowest BCUT2D eigenvalue weighted by molar-refractivity contribution is -0.125. The summed E-state index contributed by atoms with van der Waals surface area (Å²) < 4.78 is -1.95. The standard InChI is InChI=1S/C15H16Cl3N3O2/c1-2-7-20-13(22)12(15(16,17)18)21(11-3-4-11)14(23)10-5-8-19-9-6-10/h2,5-6,8-9,11-12H,1,3-4,7H2,(H,20,22). The van der Waals surface area contributed by atoms with Crippen molar-refractivity contribution in [1.29, 1.82) is 0 Å². The van der Waals surface area contributed by atoms with E-state index in [-0.39, 0.29) is 18.5 Å². The van der Waals surface area contributed by atoms with Crippen LogP contribution in [0.1, 0.15) is 23.2 Å². The molecule has 1 atom stereocenters. The maximum Gasteiger partial charge on any atom is 0.255 e. The topological polar surface area (TPSA) is 62.3 Å². The van der Waals surface area contributed by atoms with Gasteiger partial charge in [-0.1, -0.05) is 40.9 Å². The van der Waals surface area contributed by atoms with Crippen LogP contribution >= 0.6 is 34.8 Å². The maximum atomic E-state index is 12.8. The highest BCUT2D eigenvalue weighted by molar-refractivity contribution is 6.69. The highest BCUT2D eigenvalue weighted by atomic mass is 35.6. The Morgan fingerprint density at radius 2 is 2.00 bits per heavy atom. The fourth-order valence-corrected chi connectivity index (χ4v) is 2.80. The van der Waals surface area contributed by atoms with Crippen LogP contribution in [-0.2, 0) is 4.79 Å². The maximum absolute atomic E-state index is 12.8. The van der Waals surface area contributed by atoms with Crippen LogP contribution in [0.3, 0.4) is 0 Å². The number of carbonyl (C=O) groups excluding carboxylic acids is 2. The smallest absolute Gasteiger partial charge is 0.255 e. The first-order valence-electron chi connectivity index (χ1n) is 7.04. The first-order chi connectivity index (χ1) is 10.9. The van der Waals surface area contributed by atoms with E-state index in [1.165, 1.54) is 23.4 Å². The minimum atomic E-state index is -1.95. The molecule has 1 aliphatic rings. The number of amides is 2. The number of nitrogens with zero attached hydrogens (tertiary/aromatic N) is 2. The van der Waals surface area contributed by atoms with Crippen molar-refractivity contribution >= 4 is 46.6 Å². The highest BCUT2D eigenvalue weighted by Crippen LogP contribution is 2.40. The second-order valence-electron chi connectivity index (χ2n) is 5.16. The van der Waals surface area contributed by atoms with Crippen molar-refractivity contribution in [1.82, 2.24) is 15.2 Å². The average molecular weight is 377 g/mol. The molecule has 0 bridgehead atoms. The number of pyridine rings is 1. The first kappa shape index (κ1) is 18.0. The third-order valence-corrected chi connectivity index (χ3v) is 3.98. The summed E-state index contributed by atoms with van der Waals surface area (Å²) in [4.78, 5) is 30.5. The predicted octanol–water partition coefficient (Wildman–Crippen LogP) is 2.73. The van der Waals surface area contributed by atoms with Crippen LogP contribution in [-0.4, -0.2) is 44.1 Å². The number of rotatable bonds is 6.